The first kappa shape index (κ1) is 23.9. The number of nitro groups is 1. The summed E-state index contributed by atoms with van der Waals surface area (Å²) in [6.45, 7) is 1.60. The molecule has 2 amide bonds. The molecule has 3 aromatic carbocycles. The molecule has 0 radical (unpaired) electrons. The Hall–Kier alpha value is -4.73. The molecule has 0 saturated carbocycles. The number of rotatable bonds is 9. The topological polar surface area (TPSA) is 132 Å². The number of nitrogens with one attached hydrogen (secondary N) is 2. The van der Waals surface area contributed by atoms with Gasteiger partial charge in [0.15, 0.2) is 18.1 Å². The Bertz CT molecular complexity index is 1220. The van der Waals surface area contributed by atoms with E-state index in [4.69, 9.17) is 9.47 Å². The van der Waals surface area contributed by atoms with Crippen molar-refractivity contribution in [2.24, 2.45) is 5.10 Å². The van der Waals surface area contributed by atoms with Gasteiger partial charge >= 0.3 is 0 Å². The molecule has 0 unspecified atom stereocenters. The molecule has 3 rings (SSSR count). The summed E-state index contributed by atoms with van der Waals surface area (Å²) >= 11 is 0. The Kier molecular flexibility index (Phi) is 7.90. The number of non-ortho nitro benzene ring substituents is 1. The number of amides is 2. The lowest BCUT2D eigenvalue weighted by Gasteiger charge is -2.11. The van der Waals surface area contributed by atoms with Crippen molar-refractivity contribution in [3.63, 3.8) is 0 Å². The van der Waals surface area contributed by atoms with Crippen LogP contribution >= 0.6 is 0 Å². The molecular formula is C24H22N4O6. The summed E-state index contributed by atoms with van der Waals surface area (Å²) in [6.07, 6.45) is 1.45. The minimum atomic E-state index is -0.546. The minimum Gasteiger partial charge on any atom is -0.493 e. The SMILES string of the molecule is COc1cc(/C=N/NC(=O)c2ccc(C)cc2)ccc1OCC(=O)Nc1cccc([N+](=O)[O-])c1. The van der Waals surface area contributed by atoms with Crippen molar-refractivity contribution in [2.45, 2.75) is 6.92 Å². The molecular weight excluding hydrogens is 440 g/mol. The summed E-state index contributed by atoms with van der Waals surface area (Å²) in [7, 11) is 1.45. The second-order valence-corrected chi connectivity index (χ2v) is 7.12. The third-order valence-electron chi connectivity index (χ3n) is 4.58. The van der Waals surface area contributed by atoms with Crippen molar-refractivity contribution in [1.29, 1.82) is 0 Å². The first-order chi connectivity index (χ1) is 16.4. The quantitative estimate of drug-likeness (QED) is 0.283. The molecule has 0 spiro atoms. The molecule has 3 aromatic rings. The minimum absolute atomic E-state index is 0.132. The second-order valence-electron chi connectivity index (χ2n) is 7.12. The molecule has 0 aliphatic rings. The van der Waals surface area contributed by atoms with Crippen molar-refractivity contribution >= 4 is 29.4 Å². The Balaban J connectivity index is 1.57. The highest BCUT2D eigenvalue weighted by Crippen LogP contribution is 2.27. The van der Waals surface area contributed by atoms with E-state index in [1.807, 2.05) is 19.1 Å². The van der Waals surface area contributed by atoms with Gasteiger partial charge in [0, 0.05) is 23.4 Å². The number of anilines is 1. The molecule has 0 atom stereocenters. The van der Waals surface area contributed by atoms with Crippen LogP contribution in [0.15, 0.2) is 71.8 Å². The molecule has 0 aliphatic carbocycles. The molecule has 0 aliphatic heterocycles. The van der Waals surface area contributed by atoms with E-state index in [-0.39, 0.29) is 23.9 Å². The van der Waals surface area contributed by atoms with Gasteiger partial charge in [-0.3, -0.25) is 19.7 Å². The zero-order chi connectivity index (χ0) is 24.5. The molecule has 0 bridgehead atoms. The van der Waals surface area contributed by atoms with Gasteiger partial charge in [0.25, 0.3) is 17.5 Å². The zero-order valence-corrected chi connectivity index (χ0v) is 18.5. The smallest absolute Gasteiger partial charge is 0.271 e. The van der Waals surface area contributed by atoms with Crippen LogP contribution in [0.25, 0.3) is 0 Å². The average Bonchev–Trinajstić information content (AvgIpc) is 2.83. The Labute approximate surface area is 195 Å². The number of aryl methyl sites for hydroxylation is 1. The molecule has 34 heavy (non-hydrogen) atoms. The zero-order valence-electron chi connectivity index (χ0n) is 18.5. The third-order valence-corrected chi connectivity index (χ3v) is 4.58. The van der Waals surface area contributed by atoms with Gasteiger partial charge in [0.1, 0.15) is 0 Å². The lowest BCUT2D eigenvalue weighted by molar-refractivity contribution is -0.384. The van der Waals surface area contributed by atoms with Crippen LogP contribution < -0.4 is 20.2 Å². The van der Waals surface area contributed by atoms with Crippen LogP contribution in [-0.4, -0.2) is 36.7 Å². The molecule has 0 aromatic heterocycles. The molecule has 10 nitrogen and oxygen atoms in total. The van der Waals surface area contributed by atoms with E-state index in [0.29, 0.717) is 22.6 Å². The van der Waals surface area contributed by atoms with Crippen molar-refractivity contribution in [2.75, 3.05) is 19.0 Å². The molecule has 0 saturated heterocycles. The standard InChI is InChI=1S/C24H22N4O6/c1-16-6-9-18(10-7-16)24(30)27-25-14-17-8-11-21(22(12-17)33-2)34-15-23(29)26-19-4-3-5-20(13-19)28(31)32/h3-14H,15H2,1-2H3,(H,26,29)(H,27,30)/b25-14+. The number of benzene rings is 3. The molecule has 0 heterocycles. The van der Waals surface area contributed by atoms with Gasteiger partial charge in [-0.1, -0.05) is 23.8 Å². The fourth-order valence-corrected chi connectivity index (χ4v) is 2.86. The van der Waals surface area contributed by atoms with E-state index >= 15 is 0 Å². The average molecular weight is 462 g/mol. The number of nitro benzene ring substituents is 1. The van der Waals surface area contributed by atoms with Crippen LogP contribution in [0.4, 0.5) is 11.4 Å². The number of nitrogens with zero attached hydrogens (tertiary/aromatic N) is 2. The van der Waals surface area contributed by atoms with Crippen LogP contribution in [0.3, 0.4) is 0 Å². The number of ether oxygens (including phenoxy) is 2. The van der Waals surface area contributed by atoms with Gasteiger partial charge in [-0.25, -0.2) is 5.43 Å². The maximum absolute atomic E-state index is 12.2. The maximum atomic E-state index is 12.2. The van der Waals surface area contributed by atoms with Crippen LogP contribution in [0, 0.1) is 17.0 Å². The highest BCUT2D eigenvalue weighted by molar-refractivity contribution is 5.95. The van der Waals surface area contributed by atoms with Crippen LogP contribution in [0.2, 0.25) is 0 Å². The van der Waals surface area contributed by atoms with E-state index in [2.05, 4.69) is 15.8 Å². The molecule has 174 valence electrons. The lowest BCUT2D eigenvalue weighted by Crippen LogP contribution is -2.20. The van der Waals surface area contributed by atoms with Crippen molar-refractivity contribution in [3.8, 4) is 11.5 Å². The molecule has 0 fully saturated rings. The van der Waals surface area contributed by atoms with E-state index < -0.39 is 10.8 Å². The Morgan fingerprint density at radius 3 is 2.53 bits per heavy atom. The predicted molar refractivity (Wildman–Crippen MR) is 126 cm³/mol. The van der Waals surface area contributed by atoms with Crippen molar-refractivity contribution < 1.29 is 24.0 Å². The van der Waals surface area contributed by atoms with E-state index in [1.54, 1.807) is 30.3 Å². The summed E-state index contributed by atoms with van der Waals surface area (Å²) in [5, 5.41) is 17.3. The lowest BCUT2D eigenvalue weighted by atomic mass is 10.1. The third kappa shape index (κ3) is 6.63. The summed E-state index contributed by atoms with van der Waals surface area (Å²) in [4.78, 5) is 34.6. The Morgan fingerprint density at radius 1 is 1.06 bits per heavy atom. The highest BCUT2D eigenvalue weighted by Gasteiger charge is 2.11. The number of carbonyl (C=O) groups is 2. The van der Waals surface area contributed by atoms with Gasteiger partial charge in [-0.05, 0) is 48.9 Å². The predicted octanol–water partition coefficient (Wildman–Crippen LogP) is 3.69. The first-order valence-electron chi connectivity index (χ1n) is 10.1. The summed E-state index contributed by atoms with van der Waals surface area (Å²) in [6, 6.07) is 17.6. The first-order valence-corrected chi connectivity index (χ1v) is 10.1. The largest absolute Gasteiger partial charge is 0.493 e. The van der Waals surface area contributed by atoms with Gasteiger partial charge in [0.05, 0.1) is 18.2 Å². The van der Waals surface area contributed by atoms with Gasteiger partial charge in [-0.15, -0.1) is 0 Å². The number of carbonyl (C=O) groups excluding carboxylic acids is 2. The van der Waals surface area contributed by atoms with Crippen molar-refractivity contribution in [1.82, 2.24) is 5.43 Å². The molecule has 2 N–H and O–H groups in total. The monoisotopic (exact) mass is 462 g/mol. The van der Waals surface area contributed by atoms with Crippen LogP contribution in [0.5, 0.6) is 11.5 Å². The fraction of sp³-hybridized carbons (Fsp3) is 0.125. The van der Waals surface area contributed by atoms with Crippen LogP contribution in [0.1, 0.15) is 21.5 Å². The Morgan fingerprint density at radius 2 is 1.82 bits per heavy atom. The molecule has 10 heteroatoms. The normalized spacial score (nSPS) is 10.5. The van der Waals surface area contributed by atoms with E-state index in [1.165, 1.54) is 37.6 Å². The second kappa shape index (κ2) is 11.2. The number of hydrogen-bond donors (Lipinski definition) is 2. The number of hydrogen-bond acceptors (Lipinski definition) is 7. The highest BCUT2D eigenvalue weighted by atomic mass is 16.6. The number of hydrazone groups is 1. The van der Waals surface area contributed by atoms with Crippen LogP contribution in [-0.2, 0) is 4.79 Å². The van der Waals surface area contributed by atoms with E-state index in [0.717, 1.165) is 5.56 Å². The summed E-state index contributed by atoms with van der Waals surface area (Å²) in [5.41, 5.74) is 4.79. The van der Waals surface area contributed by atoms with Gasteiger partial charge in [-0.2, -0.15) is 5.10 Å². The van der Waals surface area contributed by atoms with Crippen molar-refractivity contribution in [3.05, 3.63) is 93.5 Å². The van der Waals surface area contributed by atoms with Gasteiger partial charge in [0.2, 0.25) is 0 Å². The number of methoxy groups -OCH3 is 1. The van der Waals surface area contributed by atoms with Gasteiger partial charge < -0.3 is 14.8 Å². The summed E-state index contributed by atoms with van der Waals surface area (Å²) in [5.74, 6) is -0.153. The van der Waals surface area contributed by atoms with E-state index in [9.17, 15) is 19.7 Å². The maximum Gasteiger partial charge on any atom is 0.271 e. The summed E-state index contributed by atoms with van der Waals surface area (Å²) < 4.78 is 10.8. The fourth-order valence-electron chi connectivity index (χ4n) is 2.86.